The molecule has 26 heavy (non-hydrogen) atoms. The number of rotatable bonds is 6. The fraction of sp³-hybridized carbons (Fsp3) is 0.381. The highest BCUT2D eigenvalue weighted by molar-refractivity contribution is 8.00. The number of thioether (sulfide) groups is 1. The number of azo groups is 1. The van der Waals surface area contributed by atoms with Crippen LogP contribution in [0.1, 0.15) is 49.4 Å². The quantitative estimate of drug-likeness (QED) is 0.421. The highest BCUT2D eigenvalue weighted by atomic mass is 32.2. The van der Waals surface area contributed by atoms with Crippen LogP contribution in [0.4, 0.5) is 11.4 Å². The Morgan fingerprint density at radius 1 is 0.962 bits per heavy atom. The van der Waals surface area contributed by atoms with E-state index in [4.69, 9.17) is 4.74 Å². The van der Waals surface area contributed by atoms with Crippen LogP contribution in [0, 0.1) is 0 Å². The lowest BCUT2D eigenvalue weighted by Crippen LogP contribution is -2.07. The number of ether oxygens (including phenoxy) is 1. The lowest BCUT2D eigenvalue weighted by molar-refractivity contribution is 0.0526. The average Bonchev–Trinajstić information content (AvgIpc) is 2.69. The molecule has 4 nitrogen and oxygen atoms in total. The minimum Gasteiger partial charge on any atom is -0.462 e. The number of carbonyl (C=O) groups excluding carboxylic acids is 1. The Kier molecular flexibility index (Phi) is 6.83. The smallest absolute Gasteiger partial charge is 0.338 e. The van der Waals surface area contributed by atoms with Crippen LogP contribution in [0.25, 0.3) is 0 Å². The molecule has 0 aliphatic heterocycles. The largest absolute Gasteiger partial charge is 0.462 e. The third-order valence-electron chi connectivity index (χ3n) is 4.35. The first kappa shape index (κ1) is 18.6. The molecule has 0 atom stereocenters. The summed E-state index contributed by atoms with van der Waals surface area (Å²) in [5.74, 6) is -0.318. The minimum absolute atomic E-state index is 0.318. The molecule has 0 spiro atoms. The van der Waals surface area contributed by atoms with E-state index < -0.39 is 0 Å². The van der Waals surface area contributed by atoms with Crippen molar-refractivity contribution in [3.05, 3.63) is 54.1 Å². The Hall–Kier alpha value is -2.14. The predicted molar refractivity (Wildman–Crippen MR) is 106 cm³/mol. The van der Waals surface area contributed by atoms with Gasteiger partial charge in [-0.05, 0) is 68.3 Å². The van der Waals surface area contributed by atoms with Gasteiger partial charge in [-0.1, -0.05) is 19.3 Å². The van der Waals surface area contributed by atoms with Gasteiger partial charge in [0.25, 0.3) is 0 Å². The molecule has 1 fully saturated rings. The van der Waals surface area contributed by atoms with Crippen molar-refractivity contribution < 1.29 is 9.53 Å². The summed E-state index contributed by atoms with van der Waals surface area (Å²) in [6, 6.07) is 15.2. The van der Waals surface area contributed by atoms with Crippen molar-refractivity contribution in [1.82, 2.24) is 0 Å². The Labute approximate surface area is 159 Å². The van der Waals surface area contributed by atoms with Crippen molar-refractivity contribution in [2.45, 2.75) is 49.2 Å². The van der Waals surface area contributed by atoms with Gasteiger partial charge in [-0.25, -0.2) is 4.79 Å². The molecule has 0 unspecified atom stereocenters. The summed E-state index contributed by atoms with van der Waals surface area (Å²) < 4.78 is 4.97. The number of carbonyl (C=O) groups is 1. The van der Waals surface area contributed by atoms with Gasteiger partial charge < -0.3 is 4.74 Å². The third kappa shape index (κ3) is 5.43. The van der Waals surface area contributed by atoms with E-state index in [1.54, 1.807) is 31.2 Å². The van der Waals surface area contributed by atoms with E-state index in [2.05, 4.69) is 22.4 Å². The van der Waals surface area contributed by atoms with E-state index in [9.17, 15) is 4.79 Å². The van der Waals surface area contributed by atoms with Crippen LogP contribution in [0.2, 0.25) is 0 Å². The molecule has 1 saturated carbocycles. The second-order valence-corrected chi connectivity index (χ2v) is 7.71. The Morgan fingerprint density at radius 2 is 1.54 bits per heavy atom. The van der Waals surface area contributed by atoms with Gasteiger partial charge in [-0.3, -0.25) is 0 Å². The van der Waals surface area contributed by atoms with Gasteiger partial charge in [0.1, 0.15) is 0 Å². The first-order chi connectivity index (χ1) is 12.7. The summed E-state index contributed by atoms with van der Waals surface area (Å²) in [7, 11) is 0. The van der Waals surface area contributed by atoms with Crippen molar-refractivity contribution in [3.8, 4) is 0 Å². The second-order valence-electron chi connectivity index (χ2n) is 6.34. The lowest BCUT2D eigenvalue weighted by Gasteiger charge is -2.20. The molecular formula is C21H24N2O2S. The van der Waals surface area contributed by atoms with Crippen molar-refractivity contribution in [1.29, 1.82) is 0 Å². The van der Waals surface area contributed by atoms with Crippen LogP contribution >= 0.6 is 11.8 Å². The summed E-state index contributed by atoms with van der Waals surface area (Å²) in [5.41, 5.74) is 2.06. The van der Waals surface area contributed by atoms with Crippen molar-refractivity contribution in [2.75, 3.05) is 6.61 Å². The molecule has 2 aromatic carbocycles. The number of benzene rings is 2. The number of hydrogen-bond acceptors (Lipinski definition) is 5. The van der Waals surface area contributed by atoms with Gasteiger partial charge >= 0.3 is 5.97 Å². The molecule has 136 valence electrons. The zero-order valence-corrected chi connectivity index (χ0v) is 15.9. The van der Waals surface area contributed by atoms with Gasteiger partial charge in [0.15, 0.2) is 0 Å². The molecule has 0 radical (unpaired) electrons. The zero-order valence-electron chi connectivity index (χ0n) is 15.1. The maximum Gasteiger partial charge on any atom is 0.338 e. The van der Waals surface area contributed by atoms with Gasteiger partial charge in [-0.15, -0.1) is 11.8 Å². The van der Waals surface area contributed by atoms with E-state index in [1.165, 1.54) is 37.0 Å². The molecule has 2 aromatic rings. The normalized spacial score (nSPS) is 15.3. The molecule has 5 heteroatoms. The Balaban J connectivity index is 1.57. The van der Waals surface area contributed by atoms with Crippen LogP contribution in [-0.2, 0) is 4.74 Å². The van der Waals surface area contributed by atoms with Gasteiger partial charge in [0.05, 0.1) is 23.5 Å². The fourth-order valence-corrected chi connectivity index (χ4v) is 4.21. The molecule has 0 amide bonds. The third-order valence-corrected chi connectivity index (χ3v) is 5.70. The topological polar surface area (TPSA) is 51.0 Å². The molecule has 3 rings (SSSR count). The van der Waals surface area contributed by atoms with Gasteiger partial charge in [0.2, 0.25) is 0 Å². The highest BCUT2D eigenvalue weighted by Crippen LogP contribution is 2.34. The van der Waals surface area contributed by atoms with Crippen molar-refractivity contribution in [2.24, 2.45) is 10.2 Å². The summed E-state index contributed by atoms with van der Waals surface area (Å²) in [5, 5.41) is 9.27. The summed E-state index contributed by atoms with van der Waals surface area (Å²) in [6.45, 7) is 2.16. The summed E-state index contributed by atoms with van der Waals surface area (Å²) in [6.07, 6.45) is 6.76. The first-order valence-electron chi connectivity index (χ1n) is 9.20. The van der Waals surface area contributed by atoms with Crippen LogP contribution in [-0.4, -0.2) is 17.8 Å². The maximum atomic E-state index is 11.6. The minimum atomic E-state index is -0.318. The molecule has 0 aromatic heterocycles. The van der Waals surface area contributed by atoms with Crippen molar-refractivity contribution >= 4 is 29.1 Å². The monoisotopic (exact) mass is 368 g/mol. The van der Waals surface area contributed by atoms with E-state index >= 15 is 0 Å². The zero-order chi connectivity index (χ0) is 18.2. The molecule has 1 aliphatic rings. The van der Waals surface area contributed by atoms with Crippen LogP contribution in [0.3, 0.4) is 0 Å². The van der Waals surface area contributed by atoms with E-state index in [0.29, 0.717) is 17.9 Å². The number of hydrogen-bond donors (Lipinski definition) is 0. The number of esters is 1. The number of nitrogens with zero attached hydrogens (tertiary/aromatic N) is 2. The summed E-state index contributed by atoms with van der Waals surface area (Å²) in [4.78, 5) is 12.9. The molecule has 0 bridgehead atoms. The molecule has 0 N–H and O–H groups in total. The van der Waals surface area contributed by atoms with Crippen LogP contribution in [0.15, 0.2) is 63.7 Å². The molecule has 0 saturated heterocycles. The Bertz CT molecular complexity index is 736. The average molecular weight is 369 g/mol. The van der Waals surface area contributed by atoms with Crippen LogP contribution in [0.5, 0.6) is 0 Å². The SMILES string of the molecule is CCOC(=O)c1ccc(/N=N/c2ccc(SC3CCCCC3)cc2)cc1. The first-order valence-corrected chi connectivity index (χ1v) is 10.1. The summed E-state index contributed by atoms with van der Waals surface area (Å²) >= 11 is 1.98. The van der Waals surface area contributed by atoms with Gasteiger partial charge in [-0.2, -0.15) is 10.2 Å². The maximum absolute atomic E-state index is 11.6. The highest BCUT2D eigenvalue weighted by Gasteiger charge is 2.14. The second kappa shape index (κ2) is 9.53. The van der Waals surface area contributed by atoms with E-state index in [0.717, 1.165) is 10.9 Å². The van der Waals surface area contributed by atoms with Gasteiger partial charge in [0, 0.05) is 10.1 Å². The lowest BCUT2D eigenvalue weighted by atomic mass is 10.0. The molecule has 1 aliphatic carbocycles. The van der Waals surface area contributed by atoms with Crippen molar-refractivity contribution in [3.63, 3.8) is 0 Å². The Morgan fingerprint density at radius 3 is 2.12 bits per heavy atom. The fourth-order valence-electron chi connectivity index (χ4n) is 2.96. The van der Waals surface area contributed by atoms with E-state index in [-0.39, 0.29) is 5.97 Å². The van der Waals surface area contributed by atoms with Crippen LogP contribution < -0.4 is 0 Å². The predicted octanol–water partition coefficient (Wildman–Crippen LogP) is 6.70. The van der Waals surface area contributed by atoms with E-state index in [1.807, 2.05) is 23.9 Å². The molecular weight excluding hydrogens is 344 g/mol. The molecule has 0 heterocycles. The standard InChI is InChI=1S/C21H24N2O2S/c1-2-25-21(24)16-8-10-17(11-9-16)22-23-18-12-14-20(15-13-18)26-19-6-4-3-5-7-19/h8-15,19H,2-7H2,1H3/b23-22+.